The second-order valence-corrected chi connectivity index (χ2v) is 6.74. The van der Waals surface area contributed by atoms with Crippen molar-refractivity contribution in [1.29, 1.82) is 0 Å². The van der Waals surface area contributed by atoms with E-state index in [9.17, 15) is 9.18 Å². The van der Waals surface area contributed by atoms with Crippen LogP contribution >= 0.6 is 0 Å². The summed E-state index contributed by atoms with van der Waals surface area (Å²) in [5, 5.41) is 3.13. The standard InChI is InChI=1S/C21H24FNO2/c1-15(18-10-3-4-11-19(18)25-2)23-20(24)21(12-5-6-13-21)16-8-7-9-17(22)14-16/h3-4,7-11,14-15H,5-6,12-13H2,1-2H3,(H,23,24). The molecule has 0 saturated heterocycles. The van der Waals surface area contributed by atoms with Gasteiger partial charge in [0.1, 0.15) is 11.6 Å². The van der Waals surface area contributed by atoms with Crippen LogP contribution in [0.5, 0.6) is 5.75 Å². The maximum absolute atomic E-state index is 13.7. The van der Waals surface area contributed by atoms with Gasteiger partial charge in [-0.15, -0.1) is 0 Å². The molecule has 4 heteroatoms. The third kappa shape index (κ3) is 3.39. The highest BCUT2D eigenvalue weighted by Crippen LogP contribution is 2.42. The SMILES string of the molecule is COc1ccccc1C(C)NC(=O)C1(c2cccc(F)c2)CCCC1. The van der Waals surface area contributed by atoms with Gasteiger partial charge in [-0.1, -0.05) is 43.2 Å². The lowest BCUT2D eigenvalue weighted by atomic mass is 9.77. The number of carbonyl (C=O) groups is 1. The lowest BCUT2D eigenvalue weighted by Gasteiger charge is -2.30. The van der Waals surface area contributed by atoms with Gasteiger partial charge in [-0.25, -0.2) is 4.39 Å². The Morgan fingerprint density at radius 3 is 2.56 bits per heavy atom. The van der Waals surface area contributed by atoms with Crippen molar-refractivity contribution in [2.75, 3.05) is 7.11 Å². The molecule has 0 heterocycles. The monoisotopic (exact) mass is 341 g/mol. The number of hydrogen-bond acceptors (Lipinski definition) is 2. The molecular formula is C21H24FNO2. The summed E-state index contributed by atoms with van der Waals surface area (Å²) in [6, 6.07) is 13.9. The molecule has 25 heavy (non-hydrogen) atoms. The van der Waals surface area contributed by atoms with E-state index in [1.54, 1.807) is 13.2 Å². The lowest BCUT2D eigenvalue weighted by molar-refractivity contribution is -0.127. The zero-order chi connectivity index (χ0) is 17.9. The fourth-order valence-electron chi connectivity index (χ4n) is 3.85. The zero-order valence-corrected chi connectivity index (χ0v) is 14.7. The first-order chi connectivity index (χ1) is 12.1. The number of benzene rings is 2. The van der Waals surface area contributed by atoms with Gasteiger partial charge in [0, 0.05) is 5.56 Å². The molecule has 1 fully saturated rings. The molecule has 1 amide bonds. The van der Waals surface area contributed by atoms with Gasteiger partial charge in [-0.3, -0.25) is 4.79 Å². The summed E-state index contributed by atoms with van der Waals surface area (Å²) >= 11 is 0. The predicted molar refractivity (Wildman–Crippen MR) is 96.1 cm³/mol. The Balaban J connectivity index is 1.87. The van der Waals surface area contributed by atoms with E-state index < -0.39 is 5.41 Å². The minimum absolute atomic E-state index is 0.0333. The van der Waals surface area contributed by atoms with Crippen LogP contribution in [0.25, 0.3) is 0 Å². The van der Waals surface area contributed by atoms with E-state index in [0.717, 1.165) is 42.6 Å². The summed E-state index contributed by atoms with van der Waals surface area (Å²) < 4.78 is 19.1. The Kier molecular flexibility index (Phi) is 5.07. The van der Waals surface area contributed by atoms with E-state index in [-0.39, 0.29) is 17.8 Å². The number of rotatable bonds is 5. The molecule has 1 aliphatic rings. The third-order valence-corrected chi connectivity index (χ3v) is 5.22. The molecule has 0 bridgehead atoms. The Morgan fingerprint density at radius 2 is 1.88 bits per heavy atom. The fraction of sp³-hybridized carbons (Fsp3) is 0.381. The number of ether oxygens (including phenoxy) is 1. The molecule has 3 rings (SSSR count). The highest BCUT2D eigenvalue weighted by atomic mass is 19.1. The molecule has 1 saturated carbocycles. The normalized spacial score (nSPS) is 17.1. The zero-order valence-electron chi connectivity index (χ0n) is 14.7. The van der Waals surface area contributed by atoms with Gasteiger partial charge in [0.15, 0.2) is 0 Å². The molecule has 0 spiro atoms. The molecule has 1 unspecified atom stereocenters. The van der Waals surface area contributed by atoms with Crippen molar-refractivity contribution in [2.45, 2.75) is 44.1 Å². The minimum Gasteiger partial charge on any atom is -0.496 e. The first-order valence-corrected chi connectivity index (χ1v) is 8.77. The van der Waals surface area contributed by atoms with Crippen LogP contribution in [0.4, 0.5) is 4.39 Å². The van der Waals surface area contributed by atoms with Crippen LogP contribution in [0.15, 0.2) is 48.5 Å². The fourth-order valence-corrected chi connectivity index (χ4v) is 3.85. The molecule has 1 atom stereocenters. The van der Waals surface area contributed by atoms with Gasteiger partial charge in [-0.2, -0.15) is 0 Å². The number of hydrogen-bond donors (Lipinski definition) is 1. The van der Waals surface area contributed by atoms with Crippen LogP contribution in [-0.4, -0.2) is 13.0 Å². The number of para-hydroxylation sites is 1. The quantitative estimate of drug-likeness (QED) is 0.868. The van der Waals surface area contributed by atoms with Gasteiger partial charge in [-0.05, 0) is 43.5 Å². The van der Waals surface area contributed by atoms with Crippen LogP contribution < -0.4 is 10.1 Å². The van der Waals surface area contributed by atoms with Gasteiger partial charge < -0.3 is 10.1 Å². The topological polar surface area (TPSA) is 38.3 Å². The van der Waals surface area contributed by atoms with Crippen molar-refractivity contribution in [3.8, 4) is 5.75 Å². The Bertz CT molecular complexity index is 753. The van der Waals surface area contributed by atoms with Crippen LogP contribution in [0.2, 0.25) is 0 Å². The van der Waals surface area contributed by atoms with Crippen molar-refractivity contribution in [3.63, 3.8) is 0 Å². The second kappa shape index (κ2) is 7.26. The van der Waals surface area contributed by atoms with E-state index in [1.165, 1.54) is 12.1 Å². The van der Waals surface area contributed by atoms with Crippen molar-refractivity contribution in [1.82, 2.24) is 5.32 Å². The van der Waals surface area contributed by atoms with Gasteiger partial charge >= 0.3 is 0 Å². The van der Waals surface area contributed by atoms with Crippen molar-refractivity contribution in [3.05, 3.63) is 65.5 Å². The Morgan fingerprint density at radius 1 is 1.16 bits per heavy atom. The second-order valence-electron chi connectivity index (χ2n) is 6.74. The summed E-state index contributed by atoms with van der Waals surface area (Å²) in [4.78, 5) is 13.2. The van der Waals surface area contributed by atoms with Gasteiger partial charge in [0.25, 0.3) is 0 Å². The molecule has 2 aromatic rings. The van der Waals surface area contributed by atoms with Crippen LogP contribution in [-0.2, 0) is 10.2 Å². The molecule has 2 aromatic carbocycles. The van der Waals surface area contributed by atoms with E-state index in [0.29, 0.717) is 0 Å². The summed E-state index contributed by atoms with van der Waals surface area (Å²) in [7, 11) is 1.62. The maximum atomic E-state index is 13.7. The Hall–Kier alpha value is -2.36. The molecule has 3 nitrogen and oxygen atoms in total. The smallest absolute Gasteiger partial charge is 0.231 e. The van der Waals surface area contributed by atoms with Crippen molar-refractivity contribution in [2.24, 2.45) is 0 Å². The maximum Gasteiger partial charge on any atom is 0.231 e. The Labute approximate surface area is 148 Å². The van der Waals surface area contributed by atoms with E-state index in [1.807, 2.05) is 37.3 Å². The van der Waals surface area contributed by atoms with Gasteiger partial charge in [0.2, 0.25) is 5.91 Å². The number of carbonyl (C=O) groups excluding carboxylic acids is 1. The molecule has 1 aliphatic carbocycles. The highest BCUT2D eigenvalue weighted by molar-refractivity contribution is 5.89. The molecule has 132 valence electrons. The van der Waals surface area contributed by atoms with Crippen LogP contribution in [0.3, 0.4) is 0 Å². The molecule has 0 aliphatic heterocycles. The minimum atomic E-state index is -0.641. The number of methoxy groups -OCH3 is 1. The van der Waals surface area contributed by atoms with Crippen LogP contribution in [0, 0.1) is 5.82 Å². The predicted octanol–water partition coefficient (Wildman–Crippen LogP) is 4.52. The number of amides is 1. The van der Waals surface area contributed by atoms with E-state index in [2.05, 4.69) is 5.32 Å². The number of nitrogens with one attached hydrogen (secondary N) is 1. The average molecular weight is 341 g/mol. The first kappa shape index (κ1) is 17.5. The molecule has 0 aromatic heterocycles. The highest BCUT2D eigenvalue weighted by Gasteiger charge is 2.43. The van der Waals surface area contributed by atoms with Crippen molar-refractivity contribution >= 4 is 5.91 Å². The van der Waals surface area contributed by atoms with Crippen molar-refractivity contribution < 1.29 is 13.9 Å². The lowest BCUT2D eigenvalue weighted by Crippen LogP contribution is -2.43. The van der Waals surface area contributed by atoms with E-state index >= 15 is 0 Å². The summed E-state index contributed by atoms with van der Waals surface area (Å²) in [5.74, 6) is 0.421. The largest absolute Gasteiger partial charge is 0.496 e. The van der Waals surface area contributed by atoms with Gasteiger partial charge in [0.05, 0.1) is 18.6 Å². The summed E-state index contributed by atoms with van der Waals surface area (Å²) in [5.41, 5.74) is 1.07. The number of halogens is 1. The van der Waals surface area contributed by atoms with E-state index in [4.69, 9.17) is 4.74 Å². The molecule has 0 radical (unpaired) electrons. The third-order valence-electron chi connectivity index (χ3n) is 5.22. The summed E-state index contributed by atoms with van der Waals surface area (Å²) in [6.07, 6.45) is 3.46. The summed E-state index contributed by atoms with van der Waals surface area (Å²) in [6.45, 7) is 1.95. The first-order valence-electron chi connectivity index (χ1n) is 8.77. The molecule has 1 N–H and O–H groups in total. The molecular weight excluding hydrogens is 317 g/mol. The average Bonchev–Trinajstić information content (AvgIpc) is 3.13. The van der Waals surface area contributed by atoms with Crippen LogP contribution in [0.1, 0.15) is 49.8 Å².